The molecule has 0 N–H and O–H groups in total. The summed E-state index contributed by atoms with van der Waals surface area (Å²) in [5.74, 6) is -2.39. The monoisotopic (exact) mass is 238 g/mol. The van der Waals surface area contributed by atoms with Gasteiger partial charge >= 0.3 is 5.97 Å². The number of nitrogens with zero attached hydrogens (tertiary/aromatic N) is 2. The zero-order valence-electron chi connectivity index (χ0n) is 8.77. The summed E-state index contributed by atoms with van der Waals surface area (Å²) < 4.78 is 18.1. The second-order valence-electron chi connectivity index (χ2n) is 2.91. The Balaban J connectivity index is 3.46. The van der Waals surface area contributed by atoms with E-state index >= 15 is 0 Å². The number of halogens is 1. The van der Waals surface area contributed by atoms with E-state index in [1.807, 2.05) is 0 Å². The number of nitro benzene ring substituents is 1. The van der Waals surface area contributed by atoms with Crippen molar-refractivity contribution in [2.45, 2.75) is 6.92 Å². The first-order valence-corrected chi connectivity index (χ1v) is 4.57. The summed E-state index contributed by atoms with van der Waals surface area (Å²) in [7, 11) is 0. The molecule has 1 aromatic carbocycles. The van der Waals surface area contributed by atoms with E-state index in [4.69, 9.17) is 5.26 Å². The molecule has 17 heavy (non-hydrogen) atoms. The maximum absolute atomic E-state index is 13.6. The number of nitriles is 1. The van der Waals surface area contributed by atoms with E-state index in [-0.39, 0.29) is 6.61 Å². The molecule has 0 aliphatic heterocycles. The van der Waals surface area contributed by atoms with Crippen molar-refractivity contribution < 1.29 is 18.8 Å². The van der Waals surface area contributed by atoms with Gasteiger partial charge in [0.05, 0.1) is 17.1 Å². The second kappa shape index (κ2) is 5.03. The third-order valence-corrected chi connectivity index (χ3v) is 1.92. The Morgan fingerprint density at radius 1 is 1.65 bits per heavy atom. The summed E-state index contributed by atoms with van der Waals surface area (Å²) in [5, 5.41) is 19.2. The highest BCUT2D eigenvalue weighted by molar-refractivity contribution is 5.94. The molecule has 0 heterocycles. The van der Waals surface area contributed by atoms with Crippen molar-refractivity contribution in [3.8, 4) is 6.07 Å². The molecule has 88 valence electrons. The van der Waals surface area contributed by atoms with E-state index in [0.717, 1.165) is 12.1 Å². The lowest BCUT2D eigenvalue weighted by molar-refractivity contribution is -0.385. The third kappa shape index (κ3) is 2.36. The largest absolute Gasteiger partial charge is 0.462 e. The predicted molar refractivity (Wildman–Crippen MR) is 53.7 cm³/mol. The van der Waals surface area contributed by atoms with Gasteiger partial charge in [0.1, 0.15) is 6.07 Å². The first-order valence-electron chi connectivity index (χ1n) is 4.57. The minimum Gasteiger partial charge on any atom is -0.462 e. The van der Waals surface area contributed by atoms with Crippen LogP contribution in [-0.2, 0) is 4.74 Å². The second-order valence-corrected chi connectivity index (χ2v) is 2.91. The van der Waals surface area contributed by atoms with Gasteiger partial charge in [-0.05, 0) is 13.0 Å². The van der Waals surface area contributed by atoms with Crippen LogP contribution in [0.25, 0.3) is 0 Å². The minimum absolute atomic E-state index is 0.0494. The summed E-state index contributed by atoms with van der Waals surface area (Å²) in [4.78, 5) is 21.1. The van der Waals surface area contributed by atoms with E-state index in [9.17, 15) is 19.3 Å². The molecule has 0 radical (unpaired) electrons. The zero-order valence-corrected chi connectivity index (χ0v) is 8.77. The first kappa shape index (κ1) is 12.6. The minimum atomic E-state index is -1.24. The summed E-state index contributed by atoms with van der Waals surface area (Å²) in [6, 6.07) is 3.33. The maximum atomic E-state index is 13.6. The molecule has 7 heteroatoms. The van der Waals surface area contributed by atoms with Crippen LogP contribution in [0.4, 0.5) is 10.1 Å². The smallest absolute Gasteiger partial charge is 0.348 e. The third-order valence-electron chi connectivity index (χ3n) is 1.92. The number of carbonyl (C=O) groups excluding carboxylic acids is 1. The normalized spacial score (nSPS) is 9.47. The van der Waals surface area contributed by atoms with Crippen LogP contribution in [0.5, 0.6) is 0 Å². The van der Waals surface area contributed by atoms with Crippen molar-refractivity contribution in [2.75, 3.05) is 6.61 Å². The summed E-state index contributed by atoms with van der Waals surface area (Å²) in [6.45, 7) is 1.43. The fourth-order valence-corrected chi connectivity index (χ4v) is 1.20. The van der Waals surface area contributed by atoms with Crippen molar-refractivity contribution in [2.24, 2.45) is 0 Å². The number of rotatable bonds is 3. The van der Waals surface area contributed by atoms with Gasteiger partial charge in [-0.25, -0.2) is 9.18 Å². The Morgan fingerprint density at radius 3 is 2.76 bits per heavy atom. The number of hydrogen-bond donors (Lipinski definition) is 0. The molecule has 0 aliphatic rings. The zero-order chi connectivity index (χ0) is 13.0. The number of carbonyl (C=O) groups is 1. The van der Waals surface area contributed by atoms with Crippen molar-refractivity contribution in [3.05, 3.63) is 39.2 Å². The Labute approximate surface area is 95.4 Å². The van der Waals surface area contributed by atoms with Crippen molar-refractivity contribution in [1.82, 2.24) is 0 Å². The lowest BCUT2D eigenvalue weighted by Gasteiger charge is -2.04. The van der Waals surface area contributed by atoms with Gasteiger partial charge in [0.15, 0.2) is 11.4 Å². The Morgan fingerprint density at radius 2 is 2.29 bits per heavy atom. The molecule has 0 atom stereocenters. The van der Waals surface area contributed by atoms with Gasteiger partial charge < -0.3 is 4.74 Å². The van der Waals surface area contributed by atoms with E-state index in [1.165, 1.54) is 13.0 Å². The predicted octanol–water partition coefficient (Wildman–Crippen LogP) is 1.78. The average Bonchev–Trinajstić information content (AvgIpc) is 2.28. The average molecular weight is 238 g/mol. The Bertz CT molecular complexity index is 522. The summed E-state index contributed by atoms with van der Waals surface area (Å²) in [6.07, 6.45) is 0. The van der Waals surface area contributed by atoms with E-state index in [1.54, 1.807) is 0 Å². The van der Waals surface area contributed by atoms with E-state index in [0.29, 0.717) is 0 Å². The number of hydrogen-bond acceptors (Lipinski definition) is 5. The number of benzene rings is 1. The molecule has 0 fully saturated rings. The lowest BCUT2D eigenvalue weighted by Crippen LogP contribution is -2.11. The van der Waals surface area contributed by atoms with Crippen LogP contribution in [0.3, 0.4) is 0 Å². The molecule has 0 unspecified atom stereocenters. The van der Waals surface area contributed by atoms with Crippen LogP contribution >= 0.6 is 0 Å². The molecular weight excluding hydrogens is 231 g/mol. The van der Waals surface area contributed by atoms with Crippen molar-refractivity contribution in [3.63, 3.8) is 0 Å². The van der Waals surface area contributed by atoms with Gasteiger partial charge in [-0.15, -0.1) is 0 Å². The highest BCUT2D eigenvalue weighted by Crippen LogP contribution is 2.24. The molecule has 0 spiro atoms. The number of nitro groups is 1. The lowest BCUT2D eigenvalue weighted by atomic mass is 10.1. The van der Waals surface area contributed by atoms with Crippen LogP contribution in [0, 0.1) is 27.3 Å². The molecule has 0 saturated carbocycles. The molecule has 0 bridgehead atoms. The summed E-state index contributed by atoms with van der Waals surface area (Å²) >= 11 is 0. The van der Waals surface area contributed by atoms with E-state index in [2.05, 4.69) is 4.74 Å². The quantitative estimate of drug-likeness (QED) is 0.454. The van der Waals surface area contributed by atoms with Gasteiger partial charge in [0.2, 0.25) is 0 Å². The van der Waals surface area contributed by atoms with Gasteiger partial charge in [-0.1, -0.05) is 0 Å². The fourth-order valence-electron chi connectivity index (χ4n) is 1.20. The van der Waals surface area contributed by atoms with E-state index < -0.39 is 33.5 Å². The highest BCUT2D eigenvalue weighted by atomic mass is 19.1. The van der Waals surface area contributed by atoms with Crippen molar-refractivity contribution >= 4 is 11.7 Å². The van der Waals surface area contributed by atoms with Gasteiger partial charge in [-0.3, -0.25) is 10.1 Å². The maximum Gasteiger partial charge on any atom is 0.348 e. The van der Waals surface area contributed by atoms with Crippen LogP contribution in [0.1, 0.15) is 22.8 Å². The first-order chi connectivity index (χ1) is 8.02. The molecule has 6 nitrogen and oxygen atoms in total. The Kier molecular flexibility index (Phi) is 3.72. The van der Waals surface area contributed by atoms with Crippen LogP contribution < -0.4 is 0 Å². The fraction of sp³-hybridized carbons (Fsp3) is 0.200. The Hall–Kier alpha value is -2.49. The topological polar surface area (TPSA) is 93.2 Å². The number of ether oxygens (including phenoxy) is 1. The highest BCUT2D eigenvalue weighted by Gasteiger charge is 2.28. The molecular formula is C10H7FN2O4. The molecule has 0 saturated heterocycles. The van der Waals surface area contributed by atoms with Gasteiger partial charge in [0.25, 0.3) is 5.69 Å². The molecule has 0 aliphatic carbocycles. The van der Waals surface area contributed by atoms with Crippen molar-refractivity contribution in [1.29, 1.82) is 5.26 Å². The number of esters is 1. The van der Waals surface area contributed by atoms with Crippen LogP contribution in [0.15, 0.2) is 12.1 Å². The molecule has 1 aromatic rings. The SMILES string of the molecule is CCOC(=O)c1c([N+](=O)[O-])ccc(C#N)c1F. The van der Waals surface area contributed by atoms with Gasteiger partial charge in [-0.2, -0.15) is 5.26 Å². The van der Waals surface area contributed by atoms with Crippen LogP contribution in [-0.4, -0.2) is 17.5 Å². The molecule has 1 rings (SSSR count). The molecule has 0 aromatic heterocycles. The summed E-state index contributed by atoms with van der Waals surface area (Å²) in [5.41, 5.74) is -1.99. The standard InChI is InChI=1S/C10H7FN2O4/c1-2-17-10(14)8-7(13(15)16)4-3-6(5-12)9(8)11/h3-4H,2H2,1H3. The molecule has 0 amide bonds. The van der Waals surface area contributed by atoms with Crippen LogP contribution in [0.2, 0.25) is 0 Å². The van der Waals surface area contributed by atoms with Gasteiger partial charge in [0, 0.05) is 6.07 Å².